The van der Waals surface area contributed by atoms with Gasteiger partial charge < -0.3 is 8.92 Å². The van der Waals surface area contributed by atoms with Crippen molar-refractivity contribution in [1.29, 1.82) is 0 Å². The zero-order valence-corrected chi connectivity index (χ0v) is 12.7. The molecule has 0 unspecified atom stereocenters. The number of hydrogen-bond acceptors (Lipinski definition) is 6. The van der Waals surface area contributed by atoms with E-state index in [1.807, 2.05) is 0 Å². The van der Waals surface area contributed by atoms with E-state index in [9.17, 15) is 31.2 Å². The normalized spacial score (nSPS) is 17.1. The summed E-state index contributed by atoms with van der Waals surface area (Å²) in [6.45, 7) is 3.58. The average molecular weight is 345 g/mol. The minimum atomic E-state index is -5.90. The van der Waals surface area contributed by atoms with Crippen molar-refractivity contribution in [3.05, 3.63) is 11.8 Å². The molecule has 1 rings (SSSR count). The molecule has 0 spiro atoms. The molecule has 1 aliphatic heterocycles. The topological polar surface area (TPSA) is 90.0 Å². The van der Waals surface area contributed by atoms with Crippen LogP contribution in [0.25, 0.3) is 0 Å². The number of ketones is 1. The Labute approximate surface area is 124 Å². The Hall–Kier alpha value is -1.78. The molecule has 0 atom stereocenters. The molecular formula is C11H14F3NO6S. The summed E-state index contributed by atoms with van der Waals surface area (Å²) in [7, 11) is -5.90. The summed E-state index contributed by atoms with van der Waals surface area (Å²) in [6, 6.07) is 0. The first-order valence-electron chi connectivity index (χ1n) is 5.93. The molecule has 126 valence electrons. The van der Waals surface area contributed by atoms with E-state index in [0.29, 0.717) is 6.08 Å². The predicted molar refractivity (Wildman–Crippen MR) is 67.0 cm³/mol. The molecule has 0 saturated carbocycles. The summed E-state index contributed by atoms with van der Waals surface area (Å²) in [4.78, 5) is 23.9. The van der Waals surface area contributed by atoms with Crippen LogP contribution < -0.4 is 0 Å². The highest BCUT2D eigenvalue weighted by Gasteiger charge is 2.49. The minimum Gasteiger partial charge on any atom is -0.444 e. The first-order valence-corrected chi connectivity index (χ1v) is 7.34. The van der Waals surface area contributed by atoms with E-state index in [1.54, 1.807) is 20.8 Å². The Bertz CT molecular complexity index is 602. The van der Waals surface area contributed by atoms with Crippen LogP contribution in [-0.2, 0) is 23.8 Å². The van der Waals surface area contributed by atoms with Crippen LogP contribution in [0.2, 0.25) is 0 Å². The molecule has 1 aliphatic rings. The number of ether oxygens (including phenoxy) is 1. The number of rotatable bonds is 2. The van der Waals surface area contributed by atoms with Crippen molar-refractivity contribution in [2.45, 2.75) is 31.9 Å². The fourth-order valence-electron chi connectivity index (χ4n) is 1.40. The van der Waals surface area contributed by atoms with Gasteiger partial charge in [0.25, 0.3) is 0 Å². The Kier molecular flexibility index (Phi) is 4.80. The lowest BCUT2D eigenvalue weighted by Crippen LogP contribution is -2.43. The summed E-state index contributed by atoms with van der Waals surface area (Å²) < 4.78 is 67.3. The molecule has 22 heavy (non-hydrogen) atoms. The predicted octanol–water partition coefficient (Wildman–Crippen LogP) is 1.56. The molecule has 11 heteroatoms. The molecule has 0 saturated heterocycles. The van der Waals surface area contributed by atoms with Crippen LogP contribution in [0, 0.1) is 0 Å². The van der Waals surface area contributed by atoms with Crippen molar-refractivity contribution in [1.82, 2.24) is 4.90 Å². The molecule has 7 nitrogen and oxygen atoms in total. The molecule has 0 aliphatic carbocycles. The van der Waals surface area contributed by atoms with Crippen molar-refractivity contribution in [2.24, 2.45) is 0 Å². The third kappa shape index (κ3) is 4.90. The van der Waals surface area contributed by atoms with Crippen molar-refractivity contribution in [3.8, 4) is 0 Å². The Morgan fingerprint density at radius 2 is 1.77 bits per heavy atom. The Morgan fingerprint density at radius 3 is 2.23 bits per heavy atom. The molecule has 0 bridgehead atoms. The third-order valence-electron chi connectivity index (χ3n) is 2.17. The molecule has 0 N–H and O–H groups in total. The van der Waals surface area contributed by atoms with E-state index >= 15 is 0 Å². The lowest BCUT2D eigenvalue weighted by molar-refractivity contribution is -0.116. The second-order valence-corrected chi connectivity index (χ2v) is 6.93. The van der Waals surface area contributed by atoms with Crippen molar-refractivity contribution >= 4 is 22.0 Å². The number of carbonyl (C=O) groups is 2. The Morgan fingerprint density at radius 1 is 1.23 bits per heavy atom. The number of hydrogen-bond donors (Lipinski definition) is 0. The summed E-state index contributed by atoms with van der Waals surface area (Å²) in [5.74, 6) is -1.59. The lowest BCUT2D eigenvalue weighted by atomic mass is 10.2. The highest BCUT2D eigenvalue weighted by Crippen LogP contribution is 2.27. The van der Waals surface area contributed by atoms with Gasteiger partial charge in [-0.1, -0.05) is 0 Å². The molecule has 0 radical (unpaired) electrons. The number of amides is 1. The molecule has 0 aromatic carbocycles. The van der Waals surface area contributed by atoms with E-state index < -0.39 is 52.0 Å². The van der Waals surface area contributed by atoms with Crippen LogP contribution in [0.3, 0.4) is 0 Å². The summed E-state index contributed by atoms with van der Waals surface area (Å²) >= 11 is 0. The van der Waals surface area contributed by atoms with Gasteiger partial charge in [0.05, 0.1) is 13.1 Å². The van der Waals surface area contributed by atoms with E-state index in [1.165, 1.54) is 0 Å². The van der Waals surface area contributed by atoms with E-state index in [2.05, 4.69) is 4.18 Å². The molecule has 0 aromatic heterocycles. The second-order valence-electron chi connectivity index (χ2n) is 5.40. The average Bonchev–Trinajstić information content (AvgIpc) is 2.23. The summed E-state index contributed by atoms with van der Waals surface area (Å²) in [5.41, 5.74) is -6.52. The van der Waals surface area contributed by atoms with Gasteiger partial charge in [-0.2, -0.15) is 21.6 Å². The minimum absolute atomic E-state index is 0.451. The van der Waals surface area contributed by atoms with Gasteiger partial charge in [0.15, 0.2) is 5.78 Å². The van der Waals surface area contributed by atoms with Gasteiger partial charge in [-0.15, -0.1) is 0 Å². The molecule has 1 amide bonds. The molecule has 1 heterocycles. The maximum absolute atomic E-state index is 12.2. The molecule has 0 aromatic rings. The molecule has 0 fully saturated rings. The zero-order valence-electron chi connectivity index (χ0n) is 11.9. The van der Waals surface area contributed by atoms with Crippen LogP contribution in [0.15, 0.2) is 11.8 Å². The smallest absolute Gasteiger partial charge is 0.444 e. The fraction of sp³-hybridized carbons (Fsp3) is 0.636. The fourth-order valence-corrected chi connectivity index (χ4v) is 1.87. The zero-order chi connectivity index (χ0) is 17.3. The van der Waals surface area contributed by atoms with Gasteiger partial charge in [-0.05, 0) is 20.8 Å². The lowest BCUT2D eigenvalue weighted by Gasteiger charge is -2.29. The van der Waals surface area contributed by atoms with Crippen LogP contribution in [-0.4, -0.2) is 49.4 Å². The van der Waals surface area contributed by atoms with Gasteiger partial charge in [-0.25, -0.2) is 4.79 Å². The standard InChI is InChI=1S/C11H14F3NO6S/c1-10(2,3)20-9(17)15-5-7(16)4-8(6-15)21-22(18,19)11(12,13)14/h4H,5-6H2,1-3H3. The maximum atomic E-state index is 12.2. The van der Waals surface area contributed by atoms with Crippen molar-refractivity contribution < 1.29 is 40.1 Å². The van der Waals surface area contributed by atoms with Crippen LogP contribution in [0.1, 0.15) is 20.8 Å². The van der Waals surface area contributed by atoms with Crippen molar-refractivity contribution in [3.63, 3.8) is 0 Å². The van der Waals surface area contributed by atoms with Crippen LogP contribution >= 0.6 is 0 Å². The second kappa shape index (κ2) is 5.78. The maximum Gasteiger partial charge on any atom is 0.534 e. The van der Waals surface area contributed by atoms with Gasteiger partial charge in [0.1, 0.15) is 11.4 Å². The first-order chi connectivity index (χ1) is 9.71. The van der Waals surface area contributed by atoms with Crippen LogP contribution in [0.4, 0.5) is 18.0 Å². The van der Waals surface area contributed by atoms with E-state index in [4.69, 9.17) is 4.74 Å². The quantitative estimate of drug-likeness (QED) is 0.557. The van der Waals surface area contributed by atoms with Crippen molar-refractivity contribution in [2.75, 3.05) is 13.1 Å². The highest BCUT2D eigenvalue weighted by atomic mass is 32.2. The van der Waals surface area contributed by atoms with Gasteiger partial charge in [0, 0.05) is 6.08 Å². The van der Waals surface area contributed by atoms with Crippen LogP contribution in [0.5, 0.6) is 0 Å². The monoisotopic (exact) mass is 345 g/mol. The summed E-state index contributed by atoms with van der Waals surface area (Å²) in [6.07, 6.45) is -0.371. The van der Waals surface area contributed by atoms with Gasteiger partial charge in [0.2, 0.25) is 0 Å². The number of nitrogens with zero attached hydrogens (tertiary/aromatic N) is 1. The first kappa shape index (κ1) is 18.3. The van der Waals surface area contributed by atoms with Gasteiger partial charge in [-0.3, -0.25) is 9.69 Å². The largest absolute Gasteiger partial charge is 0.534 e. The summed E-state index contributed by atoms with van der Waals surface area (Å²) in [5, 5.41) is 0. The van der Waals surface area contributed by atoms with Gasteiger partial charge >= 0.3 is 21.7 Å². The Balaban J connectivity index is 2.88. The highest BCUT2D eigenvalue weighted by molar-refractivity contribution is 7.87. The number of alkyl halides is 3. The third-order valence-corrected chi connectivity index (χ3v) is 3.17. The SMILES string of the molecule is CC(C)(C)OC(=O)N1CC(=O)C=C(OS(=O)(=O)C(F)(F)F)C1. The number of halogens is 3. The number of carbonyl (C=O) groups excluding carboxylic acids is 2. The van der Waals surface area contributed by atoms with E-state index in [-0.39, 0.29) is 0 Å². The van der Waals surface area contributed by atoms with E-state index in [0.717, 1.165) is 4.90 Å². The molecular weight excluding hydrogens is 331 g/mol.